The molecule has 1 aliphatic carbocycles. The summed E-state index contributed by atoms with van der Waals surface area (Å²) in [6.07, 6.45) is 5.34. The summed E-state index contributed by atoms with van der Waals surface area (Å²) in [5, 5.41) is 3.33. The Balaban J connectivity index is 1.85. The van der Waals surface area contributed by atoms with Gasteiger partial charge in [0.15, 0.2) is 0 Å². The van der Waals surface area contributed by atoms with Crippen LogP contribution in [-0.2, 0) is 10.0 Å². The third-order valence-corrected chi connectivity index (χ3v) is 7.31. The zero-order chi connectivity index (χ0) is 20.3. The maximum atomic E-state index is 12.9. The van der Waals surface area contributed by atoms with Crippen molar-refractivity contribution in [1.29, 1.82) is 0 Å². The van der Waals surface area contributed by atoms with E-state index in [1.165, 1.54) is 23.8 Å². The number of sulfonamides is 1. The molecule has 0 bridgehead atoms. The number of rotatable bonds is 5. The van der Waals surface area contributed by atoms with Crippen LogP contribution in [0.15, 0.2) is 47.4 Å². The Kier molecular flexibility index (Phi) is 6.30. The largest absolute Gasteiger partial charge is 0.349 e. The summed E-state index contributed by atoms with van der Waals surface area (Å²) in [5.74, 6) is -0.264. The topological polar surface area (TPSA) is 66.5 Å². The second-order valence-corrected chi connectivity index (χ2v) is 9.63. The number of anilines is 1. The smallest absolute Gasteiger partial charge is 0.264 e. The van der Waals surface area contributed by atoms with Crippen molar-refractivity contribution >= 4 is 33.2 Å². The van der Waals surface area contributed by atoms with Crippen molar-refractivity contribution in [2.45, 2.75) is 50.0 Å². The Labute approximate surface area is 171 Å². The predicted octanol–water partition coefficient (Wildman–Crippen LogP) is 4.54. The van der Waals surface area contributed by atoms with Crippen molar-refractivity contribution in [1.82, 2.24) is 5.32 Å². The van der Waals surface area contributed by atoms with Gasteiger partial charge in [0.05, 0.1) is 21.2 Å². The van der Waals surface area contributed by atoms with Gasteiger partial charge in [-0.2, -0.15) is 0 Å². The lowest BCUT2D eigenvalue weighted by Gasteiger charge is -2.24. The highest BCUT2D eigenvalue weighted by Crippen LogP contribution is 2.27. The first kappa shape index (κ1) is 20.7. The van der Waals surface area contributed by atoms with Gasteiger partial charge in [0, 0.05) is 13.1 Å². The van der Waals surface area contributed by atoms with Crippen LogP contribution in [0.1, 0.15) is 48.0 Å². The normalized spacial score (nSPS) is 15.2. The van der Waals surface area contributed by atoms with Gasteiger partial charge >= 0.3 is 0 Å². The van der Waals surface area contributed by atoms with E-state index < -0.39 is 10.0 Å². The standard InChI is InChI=1S/C21H25ClN2O3S/c1-15-8-11-18(12-9-15)28(26,27)24(2)17-10-13-20(22)19(14-17)21(25)23-16-6-4-3-5-7-16/h8-14,16H,3-7H2,1-2H3,(H,23,25). The molecule has 2 aromatic carbocycles. The fourth-order valence-electron chi connectivity index (χ4n) is 3.40. The maximum Gasteiger partial charge on any atom is 0.264 e. The molecule has 0 saturated heterocycles. The molecule has 28 heavy (non-hydrogen) atoms. The number of carbonyl (C=O) groups is 1. The third kappa shape index (κ3) is 4.50. The van der Waals surface area contributed by atoms with Gasteiger partial charge in [0.1, 0.15) is 0 Å². The molecule has 150 valence electrons. The number of hydrogen-bond donors (Lipinski definition) is 1. The highest BCUT2D eigenvalue weighted by Gasteiger charge is 2.24. The van der Waals surface area contributed by atoms with E-state index in [0.29, 0.717) is 10.7 Å². The minimum absolute atomic E-state index is 0.148. The van der Waals surface area contributed by atoms with Gasteiger partial charge in [-0.3, -0.25) is 9.10 Å². The minimum atomic E-state index is -3.73. The van der Waals surface area contributed by atoms with E-state index in [2.05, 4.69) is 5.32 Å². The molecule has 0 aromatic heterocycles. The zero-order valence-electron chi connectivity index (χ0n) is 16.1. The Morgan fingerprint density at radius 3 is 2.36 bits per heavy atom. The second kappa shape index (κ2) is 8.53. The first-order valence-corrected chi connectivity index (χ1v) is 11.3. The molecule has 0 atom stereocenters. The zero-order valence-corrected chi connectivity index (χ0v) is 17.7. The second-order valence-electron chi connectivity index (χ2n) is 7.26. The van der Waals surface area contributed by atoms with Gasteiger partial charge < -0.3 is 5.32 Å². The average molecular weight is 421 g/mol. The van der Waals surface area contributed by atoms with Crippen LogP contribution in [0.3, 0.4) is 0 Å². The van der Waals surface area contributed by atoms with Crippen LogP contribution in [0, 0.1) is 6.92 Å². The van der Waals surface area contributed by atoms with Gasteiger partial charge in [-0.05, 0) is 50.1 Å². The summed E-state index contributed by atoms with van der Waals surface area (Å²) in [5.41, 5.74) is 1.66. The molecule has 7 heteroatoms. The summed E-state index contributed by atoms with van der Waals surface area (Å²) in [7, 11) is -2.26. The van der Waals surface area contributed by atoms with Crippen LogP contribution in [0.4, 0.5) is 5.69 Å². The van der Waals surface area contributed by atoms with Crippen molar-refractivity contribution in [3.05, 3.63) is 58.6 Å². The third-order valence-electron chi connectivity index (χ3n) is 5.18. The van der Waals surface area contributed by atoms with Gasteiger partial charge in [0.2, 0.25) is 0 Å². The van der Waals surface area contributed by atoms with Gasteiger partial charge in [-0.1, -0.05) is 48.6 Å². The molecule has 1 amide bonds. The molecule has 1 saturated carbocycles. The van der Waals surface area contributed by atoms with E-state index in [4.69, 9.17) is 11.6 Å². The van der Waals surface area contributed by atoms with Crippen molar-refractivity contribution in [2.75, 3.05) is 11.4 Å². The van der Waals surface area contributed by atoms with Crippen LogP contribution in [0.5, 0.6) is 0 Å². The number of halogens is 1. The van der Waals surface area contributed by atoms with Crippen molar-refractivity contribution in [3.63, 3.8) is 0 Å². The van der Waals surface area contributed by atoms with Gasteiger partial charge in [0.25, 0.3) is 15.9 Å². The van der Waals surface area contributed by atoms with Crippen molar-refractivity contribution < 1.29 is 13.2 Å². The SMILES string of the molecule is Cc1ccc(S(=O)(=O)N(C)c2ccc(Cl)c(C(=O)NC3CCCCC3)c2)cc1. The van der Waals surface area contributed by atoms with Crippen molar-refractivity contribution in [2.24, 2.45) is 0 Å². The van der Waals surface area contributed by atoms with E-state index in [0.717, 1.165) is 31.2 Å². The quantitative estimate of drug-likeness (QED) is 0.772. The minimum Gasteiger partial charge on any atom is -0.349 e. The number of amides is 1. The van der Waals surface area contributed by atoms with Crippen LogP contribution in [0.25, 0.3) is 0 Å². The summed E-state index contributed by atoms with van der Waals surface area (Å²) < 4.78 is 27.0. The molecule has 1 aliphatic rings. The highest BCUT2D eigenvalue weighted by molar-refractivity contribution is 7.92. The van der Waals surface area contributed by atoms with Gasteiger partial charge in [-0.25, -0.2) is 8.42 Å². The molecule has 0 unspecified atom stereocenters. The Bertz CT molecular complexity index is 952. The molecule has 5 nitrogen and oxygen atoms in total. The van der Waals surface area contributed by atoms with E-state index in [-0.39, 0.29) is 22.4 Å². The van der Waals surface area contributed by atoms with E-state index in [1.54, 1.807) is 36.4 Å². The summed E-state index contributed by atoms with van der Waals surface area (Å²) >= 11 is 6.23. The number of aryl methyl sites for hydroxylation is 1. The van der Waals surface area contributed by atoms with Crippen molar-refractivity contribution in [3.8, 4) is 0 Å². The molecule has 0 radical (unpaired) electrons. The molecule has 0 spiro atoms. The Morgan fingerprint density at radius 1 is 1.07 bits per heavy atom. The summed E-state index contributed by atoms with van der Waals surface area (Å²) in [6, 6.07) is 11.5. The van der Waals surface area contributed by atoms with Crippen LogP contribution in [-0.4, -0.2) is 27.4 Å². The summed E-state index contributed by atoms with van der Waals surface area (Å²) in [4.78, 5) is 12.9. The fraction of sp³-hybridized carbons (Fsp3) is 0.381. The molecule has 2 aromatic rings. The van der Waals surface area contributed by atoms with Crippen LogP contribution >= 0.6 is 11.6 Å². The molecule has 3 rings (SSSR count). The highest BCUT2D eigenvalue weighted by atomic mass is 35.5. The fourth-order valence-corrected chi connectivity index (χ4v) is 4.79. The Morgan fingerprint density at radius 2 is 1.71 bits per heavy atom. The maximum absolute atomic E-state index is 12.9. The first-order valence-electron chi connectivity index (χ1n) is 9.45. The van der Waals surface area contributed by atoms with Crippen LogP contribution < -0.4 is 9.62 Å². The number of benzene rings is 2. The average Bonchev–Trinajstić information content (AvgIpc) is 2.69. The molecule has 0 aliphatic heterocycles. The molecule has 1 N–H and O–H groups in total. The van der Waals surface area contributed by atoms with Crippen LogP contribution in [0.2, 0.25) is 5.02 Å². The summed E-state index contributed by atoms with van der Waals surface area (Å²) in [6.45, 7) is 1.90. The van der Waals surface area contributed by atoms with E-state index in [9.17, 15) is 13.2 Å². The van der Waals surface area contributed by atoms with E-state index in [1.807, 2.05) is 6.92 Å². The Hall–Kier alpha value is -2.05. The number of nitrogens with one attached hydrogen (secondary N) is 1. The number of nitrogens with zero attached hydrogens (tertiary/aromatic N) is 1. The first-order chi connectivity index (χ1) is 13.3. The molecule has 1 fully saturated rings. The monoisotopic (exact) mass is 420 g/mol. The van der Waals surface area contributed by atoms with Gasteiger partial charge in [-0.15, -0.1) is 0 Å². The van der Waals surface area contributed by atoms with E-state index >= 15 is 0 Å². The predicted molar refractivity (Wildman–Crippen MR) is 113 cm³/mol. The lowest BCUT2D eigenvalue weighted by Crippen LogP contribution is -2.36. The molecular formula is C21H25ClN2O3S. The number of carbonyl (C=O) groups excluding carboxylic acids is 1. The lowest BCUT2D eigenvalue weighted by atomic mass is 9.95. The molecular weight excluding hydrogens is 396 g/mol. The molecule has 0 heterocycles. The number of hydrogen-bond acceptors (Lipinski definition) is 3. The lowest BCUT2D eigenvalue weighted by molar-refractivity contribution is 0.0928.